The molecule has 0 radical (unpaired) electrons. The quantitative estimate of drug-likeness (QED) is 0.750. The van der Waals surface area contributed by atoms with Gasteiger partial charge in [-0.15, -0.1) is 10.2 Å². The van der Waals surface area contributed by atoms with E-state index in [4.69, 9.17) is 10.5 Å². The maximum absolute atomic E-state index is 12.9. The van der Waals surface area contributed by atoms with Crippen molar-refractivity contribution in [2.45, 2.75) is 44.8 Å². The summed E-state index contributed by atoms with van der Waals surface area (Å²) in [5.74, 6) is -1.44. The molecule has 3 heterocycles. The fourth-order valence-corrected chi connectivity index (χ4v) is 3.23. The van der Waals surface area contributed by atoms with E-state index in [9.17, 15) is 22.8 Å². The number of nitrogens with two attached hydrogens (primary N) is 1. The Morgan fingerprint density at radius 2 is 2.11 bits per heavy atom. The zero-order valence-corrected chi connectivity index (χ0v) is 14.8. The summed E-state index contributed by atoms with van der Waals surface area (Å²) in [6.45, 7) is 2.50. The highest BCUT2D eigenvalue weighted by atomic mass is 19.4. The van der Waals surface area contributed by atoms with Crippen LogP contribution in [-0.4, -0.2) is 74.8 Å². The van der Waals surface area contributed by atoms with Gasteiger partial charge < -0.3 is 24.8 Å². The average molecular weight is 390 g/mol. The van der Waals surface area contributed by atoms with Crippen molar-refractivity contribution in [2.24, 2.45) is 5.73 Å². The van der Waals surface area contributed by atoms with Crippen LogP contribution in [0.3, 0.4) is 0 Å². The zero-order chi connectivity index (χ0) is 19.8. The predicted molar refractivity (Wildman–Crippen MR) is 85.0 cm³/mol. The molecule has 12 heteroatoms. The first-order chi connectivity index (χ1) is 12.6. The van der Waals surface area contributed by atoms with Crippen LogP contribution in [0, 0.1) is 0 Å². The Balaban J connectivity index is 1.56. The Morgan fingerprint density at radius 3 is 2.81 bits per heavy atom. The van der Waals surface area contributed by atoms with E-state index in [1.165, 1.54) is 4.90 Å². The van der Waals surface area contributed by atoms with Crippen molar-refractivity contribution in [1.29, 1.82) is 0 Å². The third-order valence-electron chi connectivity index (χ3n) is 4.57. The third-order valence-corrected chi connectivity index (χ3v) is 4.57. The van der Waals surface area contributed by atoms with Gasteiger partial charge in [0.2, 0.25) is 17.6 Å². The molecule has 1 aromatic rings. The highest BCUT2D eigenvalue weighted by Gasteiger charge is 2.40. The minimum Gasteiger partial charge on any atom is -0.367 e. The van der Waals surface area contributed by atoms with E-state index < -0.39 is 18.0 Å². The lowest BCUT2D eigenvalue weighted by molar-refractivity contribution is -0.149. The topological polar surface area (TPSA) is 107 Å². The summed E-state index contributed by atoms with van der Waals surface area (Å²) in [4.78, 5) is 27.2. The second-order valence-electron chi connectivity index (χ2n) is 6.79. The molecule has 1 fully saturated rings. The molecule has 2 amide bonds. The van der Waals surface area contributed by atoms with Crippen LogP contribution in [0.4, 0.5) is 13.2 Å². The molecule has 2 N–H and O–H groups in total. The Hall–Kier alpha value is -2.21. The highest BCUT2D eigenvalue weighted by molar-refractivity contribution is 5.79. The standard InChI is InChI=1S/C15H21F3N6O3/c1-9-5-23(13(26)8-27-9)6-10(19)4-12(25)22-2-3-24-11(7-22)20-21-14(24)15(16,17)18/h9-10H,2-8,19H2,1H3. The van der Waals surface area contributed by atoms with Crippen molar-refractivity contribution in [3.05, 3.63) is 11.6 Å². The van der Waals surface area contributed by atoms with Gasteiger partial charge in [0, 0.05) is 38.6 Å². The van der Waals surface area contributed by atoms with Gasteiger partial charge in [0.25, 0.3) is 0 Å². The molecular formula is C15H21F3N6O3. The van der Waals surface area contributed by atoms with Crippen LogP contribution in [0.1, 0.15) is 25.0 Å². The van der Waals surface area contributed by atoms with Crippen LogP contribution in [0.5, 0.6) is 0 Å². The summed E-state index contributed by atoms with van der Waals surface area (Å²) in [5.41, 5.74) is 6.01. The fraction of sp³-hybridized carbons (Fsp3) is 0.733. The number of ether oxygens (including phenoxy) is 1. The van der Waals surface area contributed by atoms with Crippen LogP contribution in [0.2, 0.25) is 0 Å². The van der Waals surface area contributed by atoms with Crippen molar-refractivity contribution in [3.8, 4) is 0 Å². The van der Waals surface area contributed by atoms with Crippen LogP contribution in [-0.2, 0) is 33.6 Å². The van der Waals surface area contributed by atoms with Crippen LogP contribution in [0.25, 0.3) is 0 Å². The van der Waals surface area contributed by atoms with Crippen molar-refractivity contribution < 1.29 is 27.5 Å². The van der Waals surface area contributed by atoms with Gasteiger partial charge in [-0.05, 0) is 6.92 Å². The van der Waals surface area contributed by atoms with Gasteiger partial charge in [0.05, 0.1) is 12.6 Å². The van der Waals surface area contributed by atoms with E-state index in [2.05, 4.69) is 10.2 Å². The molecule has 1 saturated heterocycles. The molecule has 2 aliphatic heterocycles. The lowest BCUT2D eigenvalue weighted by Gasteiger charge is -2.33. The monoisotopic (exact) mass is 390 g/mol. The summed E-state index contributed by atoms with van der Waals surface area (Å²) in [6.07, 6.45) is -4.69. The Labute approximate surface area is 153 Å². The zero-order valence-electron chi connectivity index (χ0n) is 14.8. The van der Waals surface area contributed by atoms with Gasteiger partial charge in [0.1, 0.15) is 6.61 Å². The number of aromatic nitrogens is 3. The van der Waals surface area contributed by atoms with Crippen molar-refractivity contribution in [1.82, 2.24) is 24.6 Å². The number of amides is 2. The molecular weight excluding hydrogens is 369 g/mol. The number of alkyl halides is 3. The SMILES string of the molecule is CC1CN(CC(N)CC(=O)N2CCn3c(nnc3C(F)(F)F)C2)C(=O)CO1. The predicted octanol–water partition coefficient (Wildman–Crippen LogP) is -0.396. The molecule has 27 heavy (non-hydrogen) atoms. The van der Waals surface area contributed by atoms with E-state index in [-0.39, 0.29) is 62.9 Å². The number of rotatable bonds is 4. The lowest BCUT2D eigenvalue weighted by Crippen LogP contribution is -2.51. The second-order valence-corrected chi connectivity index (χ2v) is 6.79. The first-order valence-corrected chi connectivity index (χ1v) is 8.57. The number of halogens is 3. The number of hydrogen-bond acceptors (Lipinski definition) is 6. The minimum absolute atomic E-state index is 0.00877. The molecule has 0 bridgehead atoms. The van der Waals surface area contributed by atoms with E-state index in [1.807, 2.05) is 6.92 Å². The molecule has 0 aromatic carbocycles. The van der Waals surface area contributed by atoms with Crippen molar-refractivity contribution in [3.63, 3.8) is 0 Å². The Kier molecular flexibility index (Phi) is 5.38. The largest absolute Gasteiger partial charge is 0.451 e. The van der Waals surface area contributed by atoms with Crippen LogP contribution < -0.4 is 5.73 Å². The number of morpholine rings is 1. The summed E-state index contributed by atoms with van der Waals surface area (Å²) in [7, 11) is 0. The molecule has 150 valence electrons. The maximum atomic E-state index is 12.9. The van der Waals surface area contributed by atoms with E-state index >= 15 is 0 Å². The van der Waals surface area contributed by atoms with Crippen molar-refractivity contribution in [2.75, 3.05) is 26.2 Å². The van der Waals surface area contributed by atoms with Gasteiger partial charge >= 0.3 is 6.18 Å². The molecule has 2 unspecified atom stereocenters. The molecule has 0 saturated carbocycles. The molecule has 2 atom stereocenters. The summed E-state index contributed by atoms with van der Waals surface area (Å²) in [6, 6.07) is -0.572. The first kappa shape index (κ1) is 19.5. The number of carbonyl (C=O) groups excluding carboxylic acids is 2. The Morgan fingerprint density at radius 1 is 1.37 bits per heavy atom. The average Bonchev–Trinajstić information content (AvgIpc) is 3.01. The van der Waals surface area contributed by atoms with E-state index in [0.29, 0.717) is 6.54 Å². The molecule has 2 aliphatic rings. The maximum Gasteiger partial charge on any atom is 0.451 e. The first-order valence-electron chi connectivity index (χ1n) is 8.57. The summed E-state index contributed by atoms with van der Waals surface area (Å²) >= 11 is 0. The Bertz CT molecular complexity index is 722. The van der Waals surface area contributed by atoms with Gasteiger partial charge in [0.15, 0.2) is 5.82 Å². The summed E-state index contributed by atoms with van der Waals surface area (Å²) < 4.78 is 44.8. The molecule has 0 spiro atoms. The van der Waals surface area contributed by atoms with Gasteiger partial charge in [-0.1, -0.05) is 0 Å². The van der Waals surface area contributed by atoms with Gasteiger partial charge in [-0.2, -0.15) is 13.2 Å². The molecule has 0 aliphatic carbocycles. The van der Waals surface area contributed by atoms with Crippen molar-refractivity contribution >= 4 is 11.8 Å². The smallest absolute Gasteiger partial charge is 0.367 e. The van der Waals surface area contributed by atoms with Crippen LogP contribution in [0.15, 0.2) is 0 Å². The molecule has 9 nitrogen and oxygen atoms in total. The molecule has 1 aromatic heterocycles. The molecule has 3 rings (SSSR count). The second kappa shape index (κ2) is 7.43. The normalized spacial score (nSPS) is 22.0. The summed E-state index contributed by atoms with van der Waals surface area (Å²) in [5, 5.41) is 6.73. The number of hydrogen-bond donors (Lipinski definition) is 1. The fourth-order valence-electron chi connectivity index (χ4n) is 3.23. The number of nitrogens with zero attached hydrogens (tertiary/aromatic N) is 5. The number of carbonyl (C=O) groups is 2. The highest BCUT2D eigenvalue weighted by Crippen LogP contribution is 2.29. The van der Waals surface area contributed by atoms with E-state index in [1.54, 1.807) is 4.90 Å². The lowest BCUT2D eigenvalue weighted by atomic mass is 10.1. The van der Waals surface area contributed by atoms with Gasteiger partial charge in [-0.25, -0.2) is 0 Å². The van der Waals surface area contributed by atoms with Crippen LogP contribution >= 0.6 is 0 Å². The number of fused-ring (bicyclic) bond motifs is 1. The van der Waals surface area contributed by atoms with E-state index in [0.717, 1.165) is 4.57 Å². The van der Waals surface area contributed by atoms with Gasteiger partial charge in [-0.3, -0.25) is 9.59 Å². The third kappa shape index (κ3) is 4.38. The minimum atomic E-state index is -4.58.